The number of thiol groups is 2. The van der Waals surface area contributed by atoms with E-state index >= 15 is 0 Å². The van der Waals surface area contributed by atoms with Crippen LogP contribution in [0.3, 0.4) is 0 Å². The Morgan fingerprint density at radius 1 is 0.900 bits per heavy atom. The Balaban J connectivity index is 4.09. The maximum Gasteiger partial charge on any atom is 0.265 e. The number of hydrogen-bond acceptors (Lipinski definition) is 5. The summed E-state index contributed by atoms with van der Waals surface area (Å²) in [5.41, 5.74) is 0. The molecule has 0 aromatic rings. The van der Waals surface area contributed by atoms with Gasteiger partial charge in [0.1, 0.15) is 0 Å². The molecule has 5 heteroatoms. The second kappa shape index (κ2) is 4.51. The number of ketones is 3. The summed E-state index contributed by atoms with van der Waals surface area (Å²) in [6, 6.07) is 0. The third kappa shape index (κ3) is 2.53. The summed E-state index contributed by atoms with van der Waals surface area (Å²) in [4.78, 5) is 31.4. The second-order valence-corrected chi connectivity index (χ2v) is 2.12. The van der Waals surface area contributed by atoms with Gasteiger partial charge in [-0.3, -0.25) is 14.4 Å². The molecule has 0 saturated carbocycles. The normalized spacial score (nSPS) is 9.00. The molecule has 0 aromatic carbocycles. The monoisotopic (exact) mass is 178 g/mol. The van der Waals surface area contributed by atoms with Crippen molar-refractivity contribution in [1.82, 2.24) is 0 Å². The summed E-state index contributed by atoms with van der Waals surface area (Å²) in [7, 11) is 0. The summed E-state index contributed by atoms with van der Waals surface area (Å²) in [6.07, 6.45) is 0. The van der Waals surface area contributed by atoms with Crippen LogP contribution in [0.5, 0.6) is 0 Å². The molecule has 0 spiro atoms. The van der Waals surface area contributed by atoms with E-state index < -0.39 is 17.3 Å². The first-order valence-electron chi connectivity index (χ1n) is 2.45. The van der Waals surface area contributed by atoms with Gasteiger partial charge in [-0.1, -0.05) is 0 Å². The number of hydrogen-bond donors (Lipinski definition) is 2. The zero-order valence-corrected chi connectivity index (χ0v) is 6.82. The van der Waals surface area contributed by atoms with E-state index in [0.29, 0.717) is 0 Å². The van der Waals surface area contributed by atoms with Gasteiger partial charge >= 0.3 is 0 Å². The molecule has 0 N–H and O–H groups in total. The molecule has 0 heterocycles. The van der Waals surface area contributed by atoms with Crippen molar-refractivity contribution in [3.63, 3.8) is 0 Å². The molecule has 0 amide bonds. The lowest BCUT2D eigenvalue weighted by atomic mass is 10.2. The Hall–Kier alpha value is -0.290. The standard InChI is InChI=1S/C5H6O3S2/c6-3(1-9)5(8)4(7)2-10/h9-10H,1-2H2. The predicted molar refractivity (Wildman–Crippen MR) is 42.7 cm³/mol. The molecule has 0 bridgehead atoms. The Labute approximate surface area is 69.0 Å². The highest BCUT2D eigenvalue weighted by Gasteiger charge is 2.18. The van der Waals surface area contributed by atoms with Crippen LogP contribution >= 0.6 is 25.3 Å². The molecular weight excluding hydrogens is 172 g/mol. The highest BCUT2D eigenvalue weighted by atomic mass is 32.1. The number of carbonyl (C=O) groups is 3. The van der Waals surface area contributed by atoms with Crippen LogP contribution in [-0.4, -0.2) is 28.9 Å². The van der Waals surface area contributed by atoms with Crippen LogP contribution in [-0.2, 0) is 14.4 Å². The molecule has 0 saturated heterocycles. The Bertz CT molecular complexity index is 158. The molecule has 10 heavy (non-hydrogen) atoms. The Morgan fingerprint density at radius 2 is 1.20 bits per heavy atom. The van der Waals surface area contributed by atoms with Gasteiger partial charge in [0.2, 0.25) is 11.6 Å². The molecular formula is C5H6O3S2. The summed E-state index contributed by atoms with van der Waals surface area (Å²) in [5.74, 6) is -3.01. The minimum atomic E-state index is -1.01. The minimum absolute atomic E-state index is 0.224. The number of Topliss-reactive ketones (excluding diaryl/α,β-unsaturated/α-hetero) is 3. The van der Waals surface area contributed by atoms with E-state index in [1.54, 1.807) is 0 Å². The maximum absolute atomic E-state index is 10.5. The molecule has 0 aliphatic rings. The van der Waals surface area contributed by atoms with E-state index in [2.05, 4.69) is 25.3 Å². The van der Waals surface area contributed by atoms with Crippen LogP contribution in [0.1, 0.15) is 0 Å². The van der Waals surface area contributed by atoms with Gasteiger partial charge in [0, 0.05) is 0 Å². The van der Waals surface area contributed by atoms with Gasteiger partial charge in [-0.15, -0.1) is 0 Å². The fourth-order valence-corrected chi connectivity index (χ4v) is 0.586. The van der Waals surface area contributed by atoms with Crippen molar-refractivity contribution in [2.24, 2.45) is 0 Å². The molecule has 0 radical (unpaired) electrons. The van der Waals surface area contributed by atoms with Gasteiger partial charge < -0.3 is 0 Å². The summed E-state index contributed by atoms with van der Waals surface area (Å²) >= 11 is 7.08. The molecule has 0 fully saturated rings. The van der Waals surface area contributed by atoms with Crippen molar-refractivity contribution in [2.75, 3.05) is 11.5 Å². The zero-order valence-electron chi connectivity index (χ0n) is 5.03. The quantitative estimate of drug-likeness (QED) is 0.348. The van der Waals surface area contributed by atoms with Crippen molar-refractivity contribution >= 4 is 42.6 Å². The van der Waals surface area contributed by atoms with Crippen LogP contribution in [0.25, 0.3) is 0 Å². The van der Waals surface area contributed by atoms with Crippen LogP contribution < -0.4 is 0 Å². The van der Waals surface area contributed by atoms with Crippen molar-refractivity contribution in [3.05, 3.63) is 0 Å². The van der Waals surface area contributed by atoms with Gasteiger partial charge in [-0.25, -0.2) is 0 Å². The van der Waals surface area contributed by atoms with Crippen molar-refractivity contribution in [1.29, 1.82) is 0 Å². The largest absolute Gasteiger partial charge is 0.289 e. The second-order valence-electron chi connectivity index (χ2n) is 1.49. The van der Waals surface area contributed by atoms with Crippen LogP contribution in [0.15, 0.2) is 0 Å². The minimum Gasteiger partial charge on any atom is -0.289 e. The SMILES string of the molecule is O=C(CS)C(=O)C(=O)CS. The highest BCUT2D eigenvalue weighted by molar-refractivity contribution is 7.81. The van der Waals surface area contributed by atoms with Gasteiger partial charge in [0.05, 0.1) is 11.5 Å². The summed E-state index contributed by atoms with van der Waals surface area (Å²) in [5, 5.41) is 0. The lowest BCUT2D eigenvalue weighted by molar-refractivity contribution is -0.142. The third-order valence-electron chi connectivity index (χ3n) is 0.794. The van der Waals surface area contributed by atoms with Crippen molar-refractivity contribution in [2.45, 2.75) is 0 Å². The van der Waals surface area contributed by atoms with E-state index in [9.17, 15) is 14.4 Å². The molecule has 0 atom stereocenters. The highest BCUT2D eigenvalue weighted by Crippen LogP contribution is 1.86. The Kier molecular flexibility index (Phi) is 4.38. The predicted octanol–water partition coefficient (Wildman–Crippen LogP) is -0.447. The van der Waals surface area contributed by atoms with Crippen LogP contribution in [0.4, 0.5) is 0 Å². The summed E-state index contributed by atoms with van der Waals surface area (Å²) in [6.45, 7) is 0. The third-order valence-corrected chi connectivity index (χ3v) is 1.37. The molecule has 0 aliphatic heterocycles. The molecule has 3 nitrogen and oxygen atoms in total. The van der Waals surface area contributed by atoms with Gasteiger partial charge in [-0.05, 0) is 0 Å². The van der Waals surface area contributed by atoms with E-state index in [-0.39, 0.29) is 11.5 Å². The number of rotatable bonds is 4. The zero-order chi connectivity index (χ0) is 8.15. The topological polar surface area (TPSA) is 51.2 Å². The maximum atomic E-state index is 10.5. The summed E-state index contributed by atoms with van der Waals surface area (Å²) < 4.78 is 0. The fraction of sp³-hybridized carbons (Fsp3) is 0.400. The molecule has 0 aromatic heterocycles. The van der Waals surface area contributed by atoms with Crippen molar-refractivity contribution in [3.8, 4) is 0 Å². The molecule has 0 unspecified atom stereocenters. The van der Waals surface area contributed by atoms with Crippen LogP contribution in [0, 0.1) is 0 Å². The van der Waals surface area contributed by atoms with Crippen LogP contribution in [0.2, 0.25) is 0 Å². The van der Waals surface area contributed by atoms with E-state index in [1.165, 1.54) is 0 Å². The average Bonchev–Trinajstić information content (AvgIpc) is 2.00. The lowest BCUT2D eigenvalue weighted by Crippen LogP contribution is -2.25. The van der Waals surface area contributed by atoms with Crippen molar-refractivity contribution < 1.29 is 14.4 Å². The van der Waals surface area contributed by atoms with Gasteiger partial charge in [-0.2, -0.15) is 25.3 Å². The number of carbonyl (C=O) groups excluding carboxylic acids is 3. The van der Waals surface area contributed by atoms with E-state index in [0.717, 1.165) is 0 Å². The van der Waals surface area contributed by atoms with E-state index in [4.69, 9.17) is 0 Å². The van der Waals surface area contributed by atoms with Gasteiger partial charge in [0.15, 0.2) is 0 Å². The Morgan fingerprint density at radius 3 is 1.40 bits per heavy atom. The van der Waals surface area contributed by atoms with Gasteiger partial charge in [0.25, 0.3) is 5.78 Å². The lowest BCUT2D eigenvalue weighted by Gasteiger charge is -1.90. The molecule has 0 rings (SSSR count). The first kappa shape index (κ1) is 9.71. The molecule has 56 valence electrons. The molecule has 0 aliphatic carbocycles. The van der Waals surface area contributed by atoms with E-state index in [1.807, 2.05) is 0 Å². The smallest absolute Gasteiger partial charge is 0.265 e. The fourth-order valence-electron chi connectivity index (χ4n) is 0.299. The first-order valence-corrected chi connectivity index (χ1v) is 3.72. The first-order chi connectivity index (χ1) is 4.63. The average molecular weight is 178 g/mol.